The molecule has 0 heterocycles. The Bertz CT molecular complexity index is 166. The van der Waals surface area contributed by atoms with E-state index in [-0.39, 0.29) is 5.54 Å². The van der Waals surface area contributed by atoms with Gasteiger partial charge in [0.05, 0.1) is 0 Å². The van der Waals surface area contributed by atoms with Gasteiger partial charge in [-0.15, -0.1) is 0 Å². The monoisotopic (exact) mass is 214 g/mol. The third-order valence-corrected chi connectivity index (χ3v) is 3.74. The van der Waals surface area contributed by atoms with Crippen LogP contribution in [-0.4, -0.2) is 36.1 Å². The Hall–Kier alpha value is -0.0800. The molecule has 0 radical (unpaired) electrons. The first-order valence-corrected chi connectivity index (χ1v) is 6.31. The Morgan fingerprint density at radius 1 is 1.13 bits per heavy atom. The van der Waals surface area contributed by atoms with Gasteiger partial charge in [-0.25, -0.2) is 0 Å². The van der Waals surface area contributed by atoms with Gasteiger partial charge in [0.1, 0.15) is 0 Å². The molecule has 92 valence electrons. The molecule has 0 spiro atoms. The fourth-order valence-corrected chi connectivity index (χ4v) is 1.42. The Morgan fingerprint density at radius 2 is 1.67 bits per heavy atom. The molecule has 0 aromatic heterocycles. The second-order valence-electron chi connectivity index (χ2n) is 5.39. The van der Waals surface area contributed by atoms with Crippen LogP contribution in [0.3, 0.4) is 0 Å². The molecule has 0 aliphatic rings. The number of rotatable bonds is 7. The standard InChI is InChI=1S/C13H30N2/c1-8-11(3)15(7)12(4)10-14-13(5,6)9-2/h11-12,14H,8-10H2,1-7H3. The van der Waals surface area contributed by atoms with Gasteiger partial charge in [-0.2, -0.15) is 0 Å². The van der Waals surface area contributed by atoms with Gasteiger partial charge in [-0.1, -0.05) is 13.8 Å². The van der Waals surface area contributed by atoms with Gasteiger partial charge < -0.3 is 5.32 Å². The third-order valence-electron chi connectivity index (χ3n) is 3.74. The van der Waals surface area contributed by atoms with Crippen LogP contribution in [0.4, 0.5) is 0 Å². The Balaban J connectivity index is 3.98. The highest BCUT2D eigenvalue weighted by atomic mass is 15.2. The molecule has 0 amide bonds. The molecular formula is C13H30N2. The number of nitrogens with one attached hydrogen (secondary N) is 1. The number of hydrogen-bond donors (Lipinski definition) is 1. The lowest BCUT2D eigenvalue weighted by Gasteiger charge is -2.33. The quantitative estimate of drug-likeness (QED) is 0.701. The summed E-state index contributed by atoms with van der Waals surface area (Å²) in [5.74, 6) is 0. The summed E-state index contributed by atoms with van der Waals surface area (Å²) in [6.07, 6.45) is 2.39. The molecule has 0 fully saturated rings. The van der Waals surface area contributed by atoms with Crippen LogP contribution in [0.2, 0.25) is 0 Å². The van der Waals surface area contributed by atoms with E-state index in [2.05, 4.69) is 58.8 Å². The summed E-state index contributed by atoms with van der Waals surface area (Å²) in [5, 5.41) is 3.63. The van der Waals surface area contributed by atoms with Crippen molar-refractivity contribution in [3.05, 3.63) is 0 Å². The van der Waals surface area contributed by atoms with Crippen LogP contribution in [0.5, 0.6) is 0 Å². The minimum absolute atomic E-state index is 0.268. The molecule has 0 aliphatic heterocycles. The van der Waals surface area contributed by atoms with Gasteiger partial charge in [0.2, 0.25) is 0 Å². The van der Waals surface area contributed by atoms with Gasteiger partial charge in [-0.3, -0.25) is 4.90 Å². The van der Waals surface area contributed by atoms with Crippen molar-refractivity contribution in [1.29, 1.82) is 0 Å². The molecule has 2 heteroatoms. The zero-order valence-corrected chi connectivity index (χ0v) is 11.7. The molecule has 2 nitrogen and oxygen atoms in total. The van der Waals surface area contributed by atoms with Crippen molar-refractivity contribution in [3.8, 4) is 0 Å². The lowest BCUT2D eigenvalue weighted by molar-refractivity contribution is 0.177. The summed E-state index contributed by atoms with van der Waals surface area (Å²) in [6, 6.07) is 1.28. The summed E-state index contributed by atoms with van der Waals surface area (Å²) >= 11 is 0. The molecular weight excluding hydrogens is 184 g/mol. The van der Waals surface area contributed by atoms with Crippen LogP contribution in [0.15, 0.2) is 0 Å². The van der Waals surface area contributed by atoms with E-state index in [0.29, 0.717) is 12.1 Å². The van der Waals surface area contributed by atoms with Crippen molar-refractivity contribution < 1.29 is 0 Å². The van der Waals surface area contributed by atoms with Crippen LogP contribution >= 0.6 is 0 Å². The van der Waals surface area contributed by atoms with Gasteiger partial charge in [0, 0.05) is 24.2 Å². The largest absolute Gasteiger partial charge is 0.310 e. The molecule has 1 N–H and O–H groups in total. The Kier molecular flexibility index (Phi) is 6.46. The first kappa shape index (κ1) is 14.9. The molecule has 0 saturated carbocycles. The minimum atomic E-state index is 0.268. The summed E-state index contributed by atoms with van der Waals surface area (Å²) < 4.78 is 0. The van der Waals surface area contributed by atoms with E-state index in [9.17, 15) is 0 Å². The van der Waals surface area contributed by atoms with E-state index >= 15 is 0 Å². The maximum atomic E-state index is 3.63. The number of likely N-dealkylation sites (N-methyl/N-ethyl adjacent to an activating group) is 1. The highest BCUT2D eigenvalue weighted by molar-refractivity contribution is 4.79. The van der Waals surface area contributed by atoms with Gasteiger partial charge >= 0.3 is 0 Å². The molecule has 0 aromatic carbocycles. The fraction of sp³-hybridized carbons (Fsp3) is 1.00. The predicted molar refractivity (Wildman–Crippen MR) is 69.4 cm³/mol. The normalized spacial score (nSPS) is 16.8. The molecule has 15 heavy (non-hydrogen) atoms. The molecule has 0 rings (SSSR count). The second kappa shape index (κ2) is 6.49. The van der Waals surface area contributed by atoms with Crippen molar-refractivity contribution in [3.63, 3.8) is 0 Å². The first-order valence-electron chi connectivity index (χ1n) is 6.31. The van der Waals surface area contributed by atoms with Crippen molar-refractivity contribution in [2.24, 2.45) is 0 Å². The SMILES string of the molecule is CCC(C)N(C)C(C)CNC(C)(C)CC. The number of nitrogens with zero attached hydrogens (tertiary/aromatic N) is 1. The third kappa shape index (κ3) is 5.53. The maximum Gasteiger partial charge on any atom is 0.0192 e. The van der Waals surface area contributed by atoms with Crippen LogP contribution in [0.1, 0.15) is 54.4 Å². The Labute approximate surface area is 96.4 Å². The lowest BCUT2D eigenvalue weighted by Crippen LogP contribution is -2.48. The van der Waals surface area contributed by atoms with Crippen LogP contribution < -0.4 is 5.32 Å². The molecule has 0 bridgehead atoms. The molecule has 2 atom stereocenters. The van der Waals surface area contributed by atoms with E-state index in [1.54, 1.807) is 0 Å². The average Bonchev–Trinajstić information content (AvgIpc) is 2.23. The van der Waals surface area contributed by atoms with Gasteiger partial charge in [0.15, 0.2) is 0 Å². The van der Waals surface area contributed by atoms with E-state index in [0.717, 1.165) is 6.54 Å². The van der Waals surface area contributed by atoms with Crippen molar-refractivity contribution in [1.82, 2.24) is 10.2 Å². The molecule has 0 aromatic rings. The summed E-state index contributed by atoms with van der Waals surface area (Å²) in [7, 11) is 2.22. The maximum absolute atomic E-state index is 3.63. The zero-order chi connectivity index (χ0) is 12.1. The van der Waals surface area contributed by atoms with E-state index in [1.165, 1.54) is 12.8 Å². The van der Waals surface area contributed by atoms with E-state index in [1.807, 2.05) is 0 Å². The molecule has 0 aliphatic carbocycles. The van der Waals surface area contributed by atoms with E-state index in [4.69, 9.17) is 0 Å². The Morgan fingerprint density at radius 3 is 2.07 bits per heavy atom. The fourth-order valence-electron chi connectivity index (χ4n) is 1.42. The van der Waals surface area contributed by atoms with Crippen molar-refractivity contribution in [2.75, 3.05) is 13.6 Å². The highest BCUT2D eigenvalue weighted by Crippen LogP contribution is 2.09. The highest BCUT2D eigenvalue weighted by Gasteiger charge is 2.18. The first-order chi connectivity index (χ1) is 6.84. The van der Waals surface area contributed by atoms with Crippen LogP contribution in [0, 0.1) is 0 Å². The number of hydrogen-bond acceptors (Lipinski definition) is 2. The lowest BCUT2D eigenvalue weighted by atomic mass is 10.0. The summed E-state index contributed by atoms with van der Waals surface area (Å²) in [4.78, 5) is 2.46. The topological polar surface area (TPSA) is 15.3 Å². The van der Waals surface area contributed by atoms with Crippen molar-refractivity contribution in [2.45, 2.75) is 72.0 Å². The molecule has 2 unspecified atom stereocenters. The molecule has 0 saturated heterocycles. The zero-order valence-electron chi connectivity index (χ0n) is 11.7. The van der Waals surface area contributed by atoms with Crippen LogP contribution in [0.25, 0.3) is 0 Å². The smallest absolute Gasteiger partial charge is 0.0192 e. The van der Waals surface area contributed by atoms with Gasteiger partial charge in [0.25, 0.3) is 0 Å². The van der Waals surface area contributed by atoms with Crippen molar-refractivity contribution >= 4 is 0 Å². The summed E-state index contributed by atoms with van der Waals surface area (Å²) in [5.41, 5.74) is 0.268. The second-order valence-corrected chi connectivity index (χ2v) is 5.39. The average molecular weight is 214 g/mol. The summed E-state index contributed by atoms with van der Waals surface area (Å²) in [6.45, 7) is 14.7. The predicted octanol–water partition coefficient (Wildman–Crippen LogP) is 2.88. The van der Waals surface area contributed by atoms with E-state index < -0.39 is 0 Å². The van der Waals surface area contributed by atoms with Crippen LogP contribution in [-0.2, 0) is 0 Å². The van der Waals surface area contributed by atoms with Gasteiger partial charge in [-0.05, 0) is 47.6 Å². The minimum Gasteiger partial charge on any atom is -0.310 e.